The van der Waals surface area contributed by atoms with Crippen LogP contribution in [0.4, 0.5) is 0 Å². The van der Waals surface area contributed by atoms with E-state index in [1.165, 1.54) is 0 Å². The molecule has 5 heteroatoms. The van der Waals surface area contributed by atoms with Crippen molar-refractivity contribution in [2.24, 2.45) is 10.9 Å². The maximum absolute atomic E-state index is 12.0. The lowest BCUT2D eigenvalue weighted by atomic mass is 9.80. The van der Waals surface area contributed by atoms with Gasteiger partial charge in [0.15, 0.2) is 5.92 Å². The first-order chi connectivity index (χ1) is 8.09. The zero-order chi connectivity index (χ0) is 12.5. The number of esters is 1. The van der Waals surface area contributed by atoms with Crippen molar-refractivity contribution in [3.63, 3.8) is 0 Å². The van der Waals surface area contributed by atoms with Crippen LogP contribution in [0.3, 0.4) is 0 Å². The lowest BCUT2D eigenvalue weighted by Gasteiger charge is -2.35. The van der Waals surface area contributed by atoms with Crippen molar-refractivity contribution in [1.29, 1.82) is 0 Å². The number of hydrogen-bond donors (Lipinski definition) is 1. The second-order valence-electron chi connectivity index (χ2n) is 4.68. The molecule has 5 nitrogen and oxygen atoms in total. The summed E-state index contributed by atoms with van der Waals surface area (Å²) in [7, 11) is 0. The third kappa shape index (κ3) is 2.06. The SMILES string of the molecule is CCOC(=O)C1C(=O)NC(C)=NC12CCCC2. The zero-order valence-electron chi connectivity index (χ0n) is 10.3. The number of nitrogens with one attached hydrogen (secondary N) is 1. The molecule has 1 fully saturated rings. The summed E-state index contributed by atoms with van der Waals surface area (Å²) in [5.41, 5.74) is -0.543. The van der Waals surface area contributed by atoms with Crippen molar-refractivity contribution in [2.45, 2.75) is 45.1 Å². The molecule has 94 valence electrons. The molecular weight excluding hydrogens is 220 g/mol. The van der Waals surface area contributed by atoms with Crippen molar-refractivity contribution >= 4 is 17.7 Å². The first-order valence-corrected chi connectivity index (χ1v) is 6.13. The molecule has 0 radical (unpaired) electrons. The van der Waals surface area contributed by atoms with E-state index in [4.69, 9.17) is 4.74 Å². The number of amidine groups is 1. The normalized spacial score (nSPS) is 26.6. The number of rotatable bonds is 2. The molecule has 1 heterocycles. The van der Waals surface area contributed by atoms with Gasteiger partial charge in [0.1, 0.15) is 5.84 Å². The minimum atomic E-state index is -0.770. The van der Waals surface area contributed by atoms with Crippen LogP contribution >= 0.6 is 0 Å². The Kier molecular flexibility index (Phi) is 3.17. The van der Waals surface area contributed by atoms with Gasteiger partial charge < -0.3 is 10.1 Å². The minimum Gasteiger partial charge on any atom is -0.465 e. The lowest BCUT2D eigenvalue weighted by molar-refractivity contribution is -0.155. The first kappa shape index (κ1) is 12.1. The third-order valence-electron chi connectivity index (χ3n) is 3.49. The summed E-state index contributed by atoms with van der Waals surface area (Å²) in [4.78, 5) is 28.4. The monoisotopic (exact) mass is 238 g/mol. The number of carbonyl (C=O) groups excluding carboxylic acids is 2. The van der Waals surface area contributed by atoms with Gasteiger partial charge in [-0.3, -0.25) is 14.6 Å². The van der Waals surface area contributed by atoms with Gasteiger partial charge in [0, 0.05) is 0 Å². The summed E-state index contributed by atoms with van der Waals surface area (Å²) in [6, 6.07) is 0. The van der Waals surface area contributed by atoms with E-state index in [-0.39, 0.29) is 5.91 Å². The van der Waals surface area contributed by atoms with Gasteiger partial charge in [-0.15, -0.1) is 0 Å². The highest BCUT2D eigenvalue weighted by Crippen LogP contribution is 2.41. The fourth-order valence-electron chi connectivity index (χ4n) is 2.86. The molecule has 1 unspecified atom stereocenters. The van der Waals surface area contributed by atoms with Gasteiger partial charge in [-0.05, 0) is 26.7 Å². The van der Waals surface area contributed by atoms with Crippen LogP contribution in [-0.2, 0) is 14.3 Å². The van der Waals surface area contributed by atoms with Crippen LogP contribution in [-0.4, -0.2) is 29.9 Å². The summed E-state index contributed by atoms with van der Waals surface area (Å²) in [6.07, 6.45) is 3.61. The molecule has 1 atom stereocenters. The van der Waals surface area contributed by atoms with E-state index < -0.39 is 17.4 Å². The number of ether oxygens (including phenoxy) is 1. The predicted molar refractivity (Wildman–Crippen MR) is 62.6 cm³/mol. The van der Waals surface area contributed by atoms with Crippen LogP contribution < -0.4 is 5.32 Å². The average Bonchev–Trinajstić information content (AvgIpc) is 2.65. The topological polar surface area (TPSA) is 67.8 Å². The van der Waals surface area contributed by atoms with Crippen molar-refractivity contribution < 1.29 is 14.3 Å². The lowest BCUT2D eigenvalue weighted by Crippen LogP contribution is -2.55. The van der Waals surface area contributed by atoms with Gasteiger partial charge in [0.25, 0.3) is 0 Å². The Morgan fingerprint density at radius 3 is 2.76 bits per heavy atom. The third-order valence-corrected chi connectivity index (χ3v) is 3.49. The van der Waals surface area contributed by atoms with Crippen LogP contribution in [0.15, 0.2) is 4.99 Å². The second-order valence-corrected chi connectivity index (χ2v) is 4.68. The quantitative estimate of drug-likeness (QED) is 0.577. The van der Waals surface area contributed by atoms with Gasteiger partial charge in [0.05, 0.1) is 12.1 Å². The van der Waals surface area contributed by atoms with Crippen LogP contribution in [0.25, 0.3) is 0 Å². The number of hydrogen-bond acceptors (Lipinski definition) is 4. The Hall–Kier alpha value is -1.39. The number of nitrogens with zero attached hydrogens (tertiary/aromatic N) is 1. The van der Waals surface area contributed by atoms with Crippen molar-refractivity contribution in [2.75, 3.05) is 6.61 Å². The van der Waals surface area contributed by atoms with Crippen molar-refractivity contribution in [3.8, 4) is 0 Å². The summed E-state index contributed by atoms with van der Waals surface area (Å²) < 4.78 is 5.00. The maximum Gasteiger partial charge on any atom is 0.321 e. The Morgan fingerprint density at radius 2 is 2.18 bits per heavy atom. The highest BCUT2D eigenvalue weighted by Gasteiger charge is 2.52. The molecule has 0 aromatic heterocycles. The average molecular weight is 238 g/mol. The maximum atomic E-state index is 12.0. The molecule has 1 amide bonds. The molecule has 17 heavy (non-hydrogen) atoms. The molecule has 1 aliphatic carbocycles. The largest absolute Gasteiger partial charge is 0.465 e. The molecule has 0 aromatic carbocycles. The van der Waals surface area contributed by atoms with E-state index in [9.17, 15) is 9.59 Å². The van der Waals surface area contributed by atoms with Gasteiger partial charge >= 0.3 is 5.97 Å². The summed E-state index contributed by atoms with van der Waals surface area (Å²) in [5.74, 6) is -0.868. The number of aliphatic imine (C=N–C) groups is 1. The molecule has 2 aliphatic rings. The molecule has 0 saturated heterocycles. The van der Waals surface area contributed by atoms with Crippen molar-refractivity contribution in [3.05, 3.63) is 0 Å². The van der Waals surface area contributed by atoms with Gasteiger partial charge in [-0.2, -0.15) is 0 Å². The van der Waals surface area contributed by atoms with Crippen LogP contribution in [0, 0.1) is 5.92 Å². The van der Waals surface area contributed by atoms with Gasteiger partial charge in [-0.1, -0.05) is 12.8 Å². The van der Waals surface area contributed by atoms with Gasteiger partial charge in [-0.25, -0.2) is 0 Å². The van der Waals surface area contributed by atoms with Crippen LogP contribution in [0.5, 0.6) is 0 Å². The van der Waals surface area contributed by atoms with E-state index in [1.807, 2.05) is 0 Å². The van der Waals surface area contributed by atoms with Gasteiger partial charge in [0.2, 0.25) is 5.91 Å². The zero-order valence-corrected chi connectivity index (χ0v) is 10.3. The molecule has 0 bridgehead atoms. The van der Waals surface area contributed by atoms with E-state index in [1.54, 1.807) is 13.8 Å². The van der Waals surface area contributed by atoms with Crippen LogP contribution in [0.1, 0.15) is 39.5 Å². The highest BCUT2D eigenvalue weighted by atomic mass is 16.5. The molecule has 1 aliphatic heterocycles. The number of amides is 1. The summed E-state index contributed by atoms with van der Waals surface area (Å²) in [6.45, 7) is 3.80. The molecule has 0 aromatic rings. The standard InChI is InChI=1S/C12H18N2O3/c1-3-17-11(16)9-10(15)13-8(2)14-12(9)6-4-5-7-12/h9H,3-7H2,1-2H3,(H,13,14,15). The summed E-state index contributed by atoms with van der Waals surface area (Å²) >= 11 is 0. The van der Waals surface area contributed by atoms with E-state index in [0.717, 1.165) is 25.7 Å². The summed E-state index contributed by atoms with van der Waals surface area (Å²) in [5, 5.41) is 2.63. The Balaban J connectivity index is 2.33. The minimum absolute atomic E-state index is 0.266. The highest BCUT2D eigenvalue weighted by molar-refractivity contribution is 6.09. The molecule has 1 spiro atoms. The smallest absolute Gasteiger partial charge is 0.321 e. The molecule has 2 rings (SSSR count). The van der Waals surface area contributed by atoms with E-state index in [0.29, 0.717) is 12.4 Å². The second kappa shape index (κ2) is 4.47. The van der Waals surface area contributed by atoms with E-state index >= 15 is 0 Å². The van der Waals surface area contributed by atoms with E-state index in [2.05, 4.69) is 10.3 Å². The number of carbonyl (C=O) groups is 2. The Morgan fingerprint density at radius 1 is 1.53 bits per heavy atom. The molecule has 1 N–H and O–H groups in total. The first-order valence-electron chi connectivity index (χ1n) is 6.13. The predicted octanol–water partition coefficient (Wildman–Crippen LogP) is 1.03. The Labute approximate surface area is 101 Å². The fraction of sp³-hybridized carbons (Fsp3) is 0.750. The van der Waals surface area contributed by atoms with Crippen LogP contribution in [0.2, 0.25) is 0 Å². The Bertz CT molecular complexity index is 370. The van der Waals surface area contributed by atoms with Crippen molar-refractivity contribution in [1.82, 2.24) is 5.32 Å². The molecular formula is C12H18N2O3. The molecule has 1 saturated carbocycles. The fourth-order valence-corrected chi connectivity index (χ4v) is 2.86.